The van der Waals surface area contributed by atoms with Gasteiger partial charge in [-0.15, -0.1) is 0 Å². The second-order valence-corrected chi connectivity index (χ2v) is 28.2. The number of esters is 1. The van der Waals surface area contributed by atoms with Crippen molar-refractivity contribution in [3.05, 3.63) is 11.6 Å². The standard InChI is InChI=1S/C58H94O29/c1-22-43(83-47-39(73)33(67)26(64)18-78-47)38(72)41(75)48(80-22)85-45-34(68)27(65)19-79-51(45)87-52(77)58-12-11-53(2,3)13-24(58)23-7-8-30-54(4)14-25(63)46(57(20-61,21-62)31(54)9-10-55(30,5)56(23,6)15-32(58)66)86-50-42(76)44(36(70)29(17-60)82-50)84-49-40(74)37(71)35(69)28(16-59)81-49/h7,22,24-51,59-76H,8-21H2,1-6H3/t22-,24-,25-,26+,27+,28-,29-,30-,31+,32+,33+,34+,35+,36+,37+,38+,39-,40-,41+,42+,43-,44+,45+,46-,47-,48+,49-,50+,51+,54-,55+,56-,58-/m0/s1. The zero-order chi connectivity index (χ0) is 63.6. The molecule has 10 aliphatic rings. The molecular weight excluding hydrogens is 1160 g/mol. The zero-order valence-corrected chi connectivity index (χ0v) is 49.8. The first-order valence-electron chi connectivity index (χ1n) is 30.5. The molecule has 0 aromatic heterocycles. The summed E-state index contributed by atoms with van der Waals surface area (Å²) < 4.78 is 58.7. The Morgan fingerprint density at radius 3 is 1.75 bits per heavy atom. The SMILES string of the molecule is C[C@@H]1O[C@H](O[C@H]2[C@@H](OC(=O)[C@@]34CCC(C)(C)C[C@H]3C3=CC[C@H]5[C@]6(C)C[C@H](O)[C@H](O[C@H]7O[C@@H](CO)[C@@H](O)[C@@H](O[C@@H]8O[C@@H](CO)[C@@H](O)[C@@H](O)[C@@H]8O)[C@H]7O)C(CO)(CO)[C@@H]6CC[C@@]5(C)[C@@]3(C)C[C@H]4O)OC[C@@H](O)[C@H]2O)[C@H](O)[C@@H](O)[C@H]1O[C@@H]1OC[C@@H](O)[C@@H](O)[C@@H]1O. The molecule has 500 valence electrons. The van der Waals surface area contributed by atoms with Gasteiger partial charge in [-0.3, -0.25) is 4.79 Å². The van der Waals surface area contributed by atoms with Gasteiger partial charge in [0.25, 0.3) is 0 Å². The van der Waals surface area contributed by atoms with Gasteiger partial charge in [-0.2, -0.15) is 0 Å². The molecule has 0 spiro atoms. The Labute approximate surface area is 502 Å². The van der Waals surface area contributed by atoms with E-state index in [-0.39, 0.29) is 30.6 Å². The maximum absolute atomic E-state index is 15.4. The molecule has 33 atom stereocenters. The number of ether oxygens (including phenoxy) is 10. The molecule has 5 heterocycles. The number of aliphatic hydroxyl groups is 18. The summed E-state index contributed by atoms with van der Waals surface area (Å²) in [6.45, 7) is 7.74. The highest BCUT2D eigenvalue weighted by Gasteiger charge is 2.74. The molecule has 9 fully saturated rings. The average molecular weight is 1260 g/mol. The fraction of sp³-hybridized carbons (Fsp3) is 0.948. The molecule has 0 unspecified atom stereocenters. The van der Waals surface area contributed by atoms with Crippen LogP contribution >= 0.6 is 0 Å². The molecule has 5 aliphatic carbocycles. The van der Waals surface area contributed by atoms with Crippen LogP contribution in [0.2, 0.25) is 0 Å². The van der Waals surface area contributed by atoms with Gasteiger partial charge in [-0.25, -0.2) is 0 Å². The minimum atomic E-state index is -1.98. The predicted molar refractivity (Wildman–Crippen MR) is 288 cm³/mol. The Hall–Kier alpha value is -1.87. The lowest BCUT2D eigenvalue weighted by Crippen LogP contribution is -2.72. The summed E-state index contributed by atoms with van der Waals surface area (Å²) in [5, 5.41) is 199. The molecule has 10 rings (SSSR count). The van der Waals surface area contributed by atoms with Gasteiger partial charge in [-0.1, -0.05) is 46.3 Å². The van der Waals surface area contributed by atoms with E-state index in [9.17, 15) is 91.9 Å². The summed E-state index contributed by atoms with van der Waals surface area (Å²) in [5.41, 5.74) is -5.13. The summed E-state index contributed by atoms with van der Waals surface area (Å²) in [4.78, 5) is 15.4. The van der Waals surface area contributed by atoms with Crippen LogP contribution in [0.25, 0.3) is 0 Å². The van der Waals surface area contributed by atoms with Crippen LogP contribution in [0, 0.1) is 50.2 Å². The van der Waals surface area contributed by atoms with Crippen LogP contribution in [0.1, 0.15) is 92.9 Å². The predicted octanol–water partition coefficient (Wildman–Crippen LogP) is -6.02. The second kappa shape index (κ2) is 25.1. The molecule has 0 bridgehead atoms. The highest BCUT2D eigenvalue weighted by Crippen LogP contribution is 2.76. The van der Waals surface area contributed by atoms with E-state index in [2.05, 4.69) is 33.8 Å². The van der Waals surface area contributed by atoms with Gasteiger partial charge in [0.15, 0.2) is 31.3 Å². The van der Waals surface area contributed by atoms with Crippen LogP contribution in [0.5, 0.6) is 0 Å². The smallest absolute Gasteiger partial charge is 0.317 e. The monoisotopic (exact) mass is 1250 g/mol. The Bertz CT molecular complexity index is 2420. The van der Waals surface area contributed by atoms with Crippen LogP contribution < -0.4 is 0 Å². The summed E-state index contributed by atoms with van der Waals surface area (Å²) in [6.07, 6.45) is -38.9. The lowest BCUT2D eigenvalue weighted by molar-refractivity contribution is -0.377. The first-order valence-corrected chi connectivity index (χ1v) is 30.5. The van der Waals surface area contributed by atoms with E-state index in [1.54, 1.807) is 0 Å². The lowest BCUT2D eigenvalue weighted by Gasteiger charge is -2.72. The van der Waals surface area contributed by atoms with E-state index >= 15 is 4.79 Å². The summed E-state index contributed by atoms with van der Waals surface area (Å²) in [5.74, 6) is -2.42. The van der Waals surface area contributed by atoms with Crippen molar-refractivity contribution in [2.45, 2.75) is 253 Å². The van der Waals surface area contributed by atoms with Gasteiger partial charge in [0.2, 0.25) is 6.29 Å². The summed E-state index contributed by atoms with van der Waals surface area (Å²) in [7, 11) is 0. The molecule has 0 aromatic carbocycles. The number of hydrogen-bond donors (Lipinski definition) is 18. The van der Waals surface area contributed by atoms with E-state index < -0.39 is 244 Å². The second-order valence-electron chi connectivity index (χ2n) is 28.2. The van der Waals surface area contributed by atoms with E-state index in [1.807, 2.05) is 6.92 Å². The largest absolute Gasteiger partial charge is 0.432 e. The Kier molecular flexibility index (Phi) is 19.6. The van der Waals surface area contributed by atoms with Crippen LogP contribution in [-0.4, -0.2) is 297 Å². The summed E-state index contributed by atoms with van der Waals surface area (Å²) >= 11 is 0. The maximum Gasteiger partial charge on any atom is 0.317 e. The number of allylic oxidation sites excluding steroid dienone is 2. The topological polar surface area (TPSA) is 474 Å². The highest BCUT2D eigenvalue weighted by atomic mass is 16.8. The van der Waals surface area contributed by atoms with Gasteiger partial charge in [0.1, 0.15) is 103 Å². The number of aliphatic hydroxyl groups excluding tert-OH is 18. The Balaban J connectivity index is 0.890. The third kappa shape index (κ3) is 11.1. The molecular formula is C58H94O29. The van der Waals surface area contributed by atoms with Crippen LogP contribution in [0.4, 0.5) is 0 Å². The third-order valence-electron chi connectivity index (χ3n) is 22.9. The van der Waals surface area contributed by atoms with Crippen molar-refractivity contribution in [3.8, 4) is 0 Å². The van der Waals surface area contributed by atoms with Gasteiger partial charge < -0.3 is 139 Å². The number of fused-ring (bicyclic) bond motifs is 7. The molecule has 29 heteroatoms. The minimum absolute atomic E-state index is 0.0230. The van der Waals surface area contributed by atoms with Gasteiger partial charge >= 0.3 is 5.97 Å². The average Bonchev–Trinajstić information content (AvgIpc) is 0.675. The van der Waals surface area contributed by atoms with Gasteiger partial charge in [0, 0.05) is 5.41 Å². The Morgan fingerprint density at radius 1 is 0.540 bits per heavy atom. The number of carbonyl (C=O) groups excluding carboxylic acids is 1. The third-order valence-corrected chi connectivity index (χ3v) is 22.9. The lowest BCUT2D eigenvalue weighted by atomic mass is 9.33. The molecule has 0 radical (unpaired) electrons. The fourth-order valence-corrected chi connectivity index (χ4v) is 17.7. The molecule has 18 N–H and O–H groups in total. The molecule has 87 heavy (non-hydrogen) atoms. The molecule has 0 amide bonds. The van der Waals surface area contributed by atoms with Gasteiger partial charge in [-0.05, 0) is 97.7 Å². The maximum atomic E-state index is 15.4. The number of carbonyl (C=O) groups is 1. The minimum Gasteiger partial charge on any atom is -0.432 e. The van der Waals surface area contributed by atoms with E-state index in [4.69, 9.17) is 47.4 Å². The summed E-state index contributed by atoms with van der Waals surface area (Å²) in [6, 6.07) is 0. The van der Waals surface area contributed by atoms with Crippen LogP contribution in [0.3, 0.4) is 0 Å². The quantitative estimate of drug-likeness (QED) is 0.0437. The normalized spacial score (nSPS) is 54.0. The molecule has 29 nitrogen and oxygen atoms in total. The van der Waals surface area contributed by atoms with Crippen LogP contribution in [0.15, 0.2) is 11.6 Å². The van der Waals surface area contributed by atoms with Crippen molar-refractivity contribution in [1.82, 2.24) is 0 Å². The number of rotatable bonds is 14. The molecule has 0 aromatic rings. The first kappa shape index (κ1) is 68.0. The Morgan fingerprint density at radius 2 is 1.10 bits per heavy atom. The zero-order valence-electron chi connectivity index (χ0n) is 49.8. The first-order chi connectivity index (χ1) is 40.8. The van der Waals surface area contributed by atoms with Crippen molar-refractivity contribution in [1.29, 1.82) is 0 Å². The molecule has 4 saturated carbocycles. The van der Waals surface area contributed by atoms with Crippen molar-refractivity contribution in [3.63, 3.8) is 0 Å². The van der Waals surface area contributed by atoms with Crippen molar-refractivity contribution in [2.24, 2.45) is 50.2 Å². The molecule has 5 aliphatic heterocycles. The fourth-order valence-electron chi connectivity index (χ4n) is 17.7. The molecule has 5 saturated heterocycles. The van der Waals surface area contributed by atoms with Crippen molar-refractivity contribution < 1.29 is 144 Å². The highest BCUT2D eigenvalue weighted by molar-refractivity contribution is 5.80. The van der Waals surface area contributed by atoms with Crippen molar-refractivity contribution >= 4 is 5.97 Å². The van der Waals surface area contributed by atoms with E-state index in [1.165, 1.54) is 6.92 Å². The van der Waals surface area contributed by atoms with Gasteiger partial charge in [0.05, 0.1) is 64.1 Å². The van der Waals surface area contributed by atoms with E-state index in [0.29, 0.717) is 32.1 Å². The van der Waals surface area contributed by atoms with Crippen LogP contribution in [-0.2, 0) is 52.2 Å². The van der Waals surface area contributed by atoms with E-state index in [0.717, 1.165) is 5.57 Å². The number of hydrogen-bond acceptors (Lipinski definition) is 29. The van der Waals surface area contributed by atoms with Crippen molar-refractivity contribution in [2.75, 3.05) is 39.6 Å².